The summed E-state index contributed by atoms with van der Waals surface area (Å²) < 4.78 is 56.3. The van der Waals surface area contributed by atoms with Crippen LogP contribution >= 0.6 is 23.4 Å². The van der Waals surface area contributed by atoms with E-state index in [2.05, 4.69) is 27.5 Å². The average Bonchev–Trinajstić information content (AvgIpc) is 0.827. The summed E-state index contributed by atoms with van der Waals surface area (Å²) in [5, 5.41) is 43.1. The molecule has 2 aromatic heterocycles. The number of nitrogens with one attached hydrogen (secondary N) is 2. The summed E-state index contributed by atoms with van der Waals surface area (Å²) in [5.74, 6) is -4.25. The van der Waals surface area contributed by atoms with Crippen molar-refractivity contribution in [2.45, 2.75) is 179 Å². The zero-order valence-corrected chi connectivity index (χ0v) is 56.8. The van der Waals surface area contributed by atoms with Gasteiger partial charge in [-0.2, -0.15) is 11.8 Å². The van der Waals surface area contributed by atoms with Crippen LogP contribution in [0.4, 0.5) is 15.9 Å². The second kappa shape index (κ2) is 33.7. The predicted molar refractivity (Wildman–Crippen MR) is 359 cm³/mol. The van der Waals surface area contributed by atoms with Gasteiger partial charge in [-0.25, -0.2) is 19.2 Å². The number of anilines is 2. The van der Waals surface area contributed by atoms with Gasteiger partial charge < -0.3 is 63.7 Å². The Morgan fingerprint density at radius 1 is 0.883 bits per heavy atom. The van der Waals surface area contributed by atoms with Gasteiger partial charge >= 0.3 is 5.97 Å². The summed E-state index contributed by atoms with van der Waals surface area (Å²) in [5.41, 5.74) is 4.56. The molecule has 3 aliphatic heterocycles. The highest BCUT2D eigenvalue weighted by atomic mass is 35.5. The van der Waals surface area contributed by atoms with Crippen LogP contribution < -0.4 is 15.4 Å². The topological polar surface area (TPSA) is 251 Å². The van der Waals surface area contributed by atoms with E-state index in [0.717, 1.165) is 45.7 Å². The minimum Gasteiger partial charge on any atom is -0.487 e. The van der Waals surface area contributed by atoms with E-state index in [1.807, 2.05) is 62.4 Å². The molecule has 0 spiro atoms. The van der Waals surface area contributed by atoms with Gasteiger partial charge in [0.1, 0.15) is 65.9 Å². The van der Waals surface area contributed by atoms with Crippen molar-refractivity contribution in [1.29, 1.82) is 0 Å². The summed E-state index contributed by atoms with van der Waals surface area (Å²) >= 11 is 8.40. The third kappa shape index (κ3) is 18.3. The van der Waals surface area contributed by atoms with Crippen LogP contribution in [0.25, 0.3) is 22.2 Å². The number of ketones is 2. The molecule has 3 aromatic carbocycles. The first-order valence-electron chi connectivity index (χ1n) is 33.0. The highest BCUT2D eigenvalue weighted by molar-refractivity contribution is 7.99. The number of Topliss-reactive ketones (excluding diaryl/α,β-unsaturated/α-hetero) is 2. The molecule has 5 heterocycles. The summed E-state index contributed by atoms with van der Waals surface area (Å²) in [6, 6.07) is 20.1. The first-order chi connectivity index (χ1) is 45.2. The second-order valence-corrected chi connectivity index (χ2v) is 27.7. The molecule has 0 unspecified atom stereocenters. The summed E-state index contributed by atoms with van der Waals surface area (Å²) in [4.78, 5) is 68.7. The average molecular weight is 1340 g/mol. The number of methoxy groups -OCH3 is 3. The molecule has 5 N–H and O–H groups in total. The number of thioether (sulfide) groups is 1. The van der Waals surface area contributed by atoms with Crippen molar-refractivity contribution in [3.63, 3.8) is 0 Å². The number of ether oxygens (including phenoxy) is 6. The Hall–Kier alpha value is -6.11. The zero-order valence-electron chi connectivity index (χ0n) is 55.2. The minimum atomic E-state index is -2.55. The van der Waals surface area contributed by atoms with Gasteiger partial charge in [0.2, 0.25) is 5.79 Å². The Labute approximate surface area is 560 Å². The molecule has 2 saturated heterocycles. The van der Waals surface area contributed by atoms with Crippen LogP contribution in [0, 0.1) is 35.4 Å². The number of esters is 1. The summed E-state index contributed by atoms with van der Waals surface area (Å²) in [7, 11) is 4.63. The number of rotatable bonds is 20. The monoisotopic (exact) mass is 1340 g/mol. The molecule has 22 heteroatoms. The SMILES string of the molecule is CO[C@H]1C[C@@H](C)C/C(C)=C/[C@@H](CCCSCCNCc2ccc(-c3ccc4ncnc(Nc5ccc(OCc6cccc(F)c6)c(Cl)c5)c4c3)o2)C(=O)C[C@H](O)[C@@H](C)[C@@H](/C(C)=C/[C@@H]2CC[C@@H](O)[C@H](OC)C2)OC(=O)[C@@H]2CCCCN2C(=O)C(=O)[C@]2(O)O[C@H]1[C@@H](OC)C[C@H]2C. The van der Waals surface area contributed by atoms with Crippen LogP contribution in [-0.2, 0) is 56.0 Å². The summed E-state index contributed by atoms with van der Waals surface area (Å²) in [6.45, 7) is 10.7. The van der Waals surface area contributed by atoms with Crippen molar-refractivity contribution in [2.24, 2.45) is 29.6 Å². The number of aromatic nitrogens is 2. The van der Waals surface area contributed by atoms with Gasteiger partial charge in [0.25, 0.3) is 11.7 Å². The highest BCUT2D eigenvalue weighted by Gasteiger charge is 2.57. The van der Waals surface area contributed by atoms with E-state index in [0.29, 0.717) is 104 Å². The van der Waals surface area contributed by atoms with Crippen molar-refractivity contribution in [1.82, 2.24) is 20.2 Å². The zero-order chi connectivity index (χ0) is 67.2. The number of amides is 1. The van der Waals surface area contributed by atoms with Gasteiger partial charge in [-0.3, -0.25) is 14.4 Å². The van der Waals surface area contributed by atoms with Crippen molar-refractivity contribution >= 4 is 69.2 Å². The van der Waals surface area contributed by atoms with Gasteiger partial charge in [0.05, 0.1) is 47.6 Å². The molecule has 94 heavy (non-hydrogen) atoms. The molecule has 14 atom stereocenters. The molecule has 510 valence electrons. The molecule has 2 bridgehead atoms. The number of cyclic esters (lactones) is 1. The number of aliphatic hydroxyl groups is 3. The third-order valence-electron chi connectivity index (χ3n) is 19.0. The fourth-order valence-electron chi connectivity index (χ4n) is 13.7. The van der Waals surface area contributed by atoms with Crippen molar-refractivity contribution in [2.75, 3.05) is 51.2 Å². The number of halogens is 2. The molecule has 0 radical (unpaired) electrons. The first kappa shape index (κ1) is 72.2. The van der Waals surface area contributed by atoms with E-state index in [-0.39, 0.29) is 55.9 Å². The van der Waals surface area contributed by atoms with E-state index in [1.54, 1.807) is 57.0 Å². The van der Waals surface area contributed by atoms with Gasteiger partial charge in [-0.05, 0) is 174 Å². The number of carbonyl (C=O) groups excluding carboxylic acids is 4. The van der Waals surface area contributed by atoms with E-state index >= 15 is 0 Å². The molecule has 1 amide bonds. The van der Waals surface area contributed by atoms with Crippen molar-refractivity contribution in [3.8, 4) is 17.1 Å². The van der Waals surface area contributed by atoms with Crippen LogP contribution in [0.5, 0.6) is 5.75 Å². The maximum absolute atomic E-state index is 14.8. The minimum absolute atomic E-state index is 0.0384. The molecule has 19 nitrogen and oxygen atoms in total. The summed E-state index contributed by atoms with van der Waals surface area (Å²) in [6.07, 6.45) is 5.18. The standard InChI is InChI=1S/C72H93ClFN5O14S/c1-42-29-43(2)31-64(88-7)67-65(89-8)33-45(4)72(86,93-67)68(83)70(84)79-26-10-9-16-57(79)71(85)92-66(44(3)32-47-17-22-58(80)63(35-47)87-6)46(5)59(81)38-60(82)49(30-42)14-12-27-94-28-25-75-39-53-20-24-61(91-53)50-18-21-56-54(36-50)69(77-41-76-56)78-52-19-23-62(55(73)37-52)90-40-48-13-11-15-51(74)34-48/h11,13,15,18-21,23-24,30,32,34,36-37,41,43,45-47,49,57-59,63-67,75,80-81,86H,9-10,12,14,16-17,22,25-29,31,33,35,38-40H2,1-8H3,(H,76,77,78)/b42-30+,44-32+/t43-,45+,46+,47-,49+,57-,58+,59-,63+,64-,65-,66+,67+,72+/m0/s1. The smallest absolute Gasteiger partial charge is 0.329 e. The Kier molecular flexibility index (Phi) is 25.9. The molecule has 4 aliphatic rings. The van der Waals surface area contributed by atoms with Crippen LogP contribution in [0.1, 0.15) is 123 Å². The fourth-order valence-corrected chi connectivity index (χ4v) is 14.8. The highest BCUT2D eigenvalue weighted by Crippen LogP contribution is 2.40. The van der Waals surface area contributed by atoms with E-state index in [1.165, 1.54) is 37.6 Å². The Morgan fingerprint density at radius 3 is 2.44 bits per heavy atom. The normalized spacial score (nSPS) is 29.5. The number of furan rings is 1. The van der Waals surface area contributed by atoms with Crippen LogP contribution in [0.2, 0.25) is 5.02 Å². The molecule has 9 rings (SSSR count). The predicted octanol–water partition coefficient (Wildman–Crippen LogP) is 11.7. The lowest BCUT2D eigenvalue weighted by molar-refractivity contribution is -0.302. The number of benzene rings is 3. The van der Waals surface area contributed by atoms with Crippen LogP contribution in [0.3, 0.4) is 0 Å². The molecule has 1 saturated carbocycles. The van der Waals surface area contributed by atoms with E-state index < -0.39 is 90.0 Å². The maximum atomic E-state index is 14.8. The number of carbonyl (C=O) groups is 4. The molecule has 3 fully saturated rings. The van der Waals surface area contributed by atoms with Gasteiger partial charge in [-0.1, -0.05) is 62.2 Å². The van der Waals surface area contributed by atoms with Gasteiger partial charge in [-0.15, -0.1) is 0 Å². The molecule has 5 aromatic rings. The number of aliphatic hydroxyl groups excluding tert-OH is 2. The first-order valence-corrected chi connectivity index (χ1v) is 34.5. The van der Waals surface area contributed by atoms with Gasteiger partial charge in [0, 0.05) is 81.0 Å². The van der Waals surface area contributed by atoms with E-state index in [4.69, 9.17) is 44.4 Å². The number of hydrogen-bond acceptors (Lipinski definition) is 19. The number of piperidine rings is 1. The Bertz CT molecular complexity index is 3460. The lowest BCUT2D eigenvalue weighted by atomic mass is 9.81. The van der Waals surface area contributed by atoms with E-state index in [9.17, 15) is 38.9 Å². The number of nitrogens with zero attached hydrogens (tertiary/aromatic N) is 3. The lowest BCUT2D eigenvalue weighted by Crippen LogP contribution is -2.64. The maximum Gasteiger partial charge on any atom is 0.329 e. The number of hydrogen-bond donors (Lipinski definition) is 5. The van der Waals surface area contributed by atoms with Gasteiger partial charge in [0.15, 0.2) is 0 Å². The molecule has 1 aliphatic carbocycles. The fraction of sp³-hybridized carbons (Fsp3) is 0.556. The van der Waals surface area contributed by atoms with Crippen molar-refractivity contribution < 1.29 is 71.7 Å². The second-order valence-electron chi connectivity index (χ2n) is 26.1. The van der Waals surface area contributed by atoms with Crippen LogP contribution in [-0.4, -0.2) is 154 Å². The number of fused-ring (bicyclic) bond motifs is 4. The Balaban J connectivity index is 0.848. The molecular weight excluding hydrogens is 1250 g/mol. The largest absolute Gasteiger partial charge is 0.487 e. The molecular formula is C72H93ClFN5O14S. The van der Waals surface area contributed by atoms with Crippen molar-refractivity contribution in [3.05, 3.63) is 125 Å². The quantitative estimate of drug-likeness (QED) is 0.0210. The van der Waals surface area contributed by atoms with Crippen LogP contribution in [0.15, 0.2) is 107 Å². The third-order valence-corrected chi connectivity index (χ3v) is 20.4. The number of allylic oxidation sites excluding steroid dienone is 3. The Morgan fingerprint density at radius 2 is 1.67 bits per heavy atom. The lowest BCUT2D eigenvalue weighted by Gasteiger charge is -2.47.